The summed E-state index contributed by atoms with van der Waals surface area (Å²) in [4.78, 5) is 4.52. The molecule has 0 fully saturated rings. The van der Waals surface area contributed by atoms with Gasteiger partial charge in [0.25, 0.3) is 0 Å². The van der Waals surface area contributed by atoms with E-state index in [0.29, 0.717) is 12.5 Å². The van der Waals surface area contributed by atoms with E-state index in [1.165, 1.54) is 16.5 Å². The molecule has 2 nitrogen and oxygen atoms in total. The number of benzene rings is 2. The number of pyridine rings is 1. The van der Waals surface area contributed by atoms with E-state index >= 15 is 0 Å². The van der Waals surface area contributed by atoms with E-state index < -0.39 is 0 Å². The van der Waals surface area contributed by atoms with Crippen LogP contribution < -0.4 is 5.73 Å². The summed E-state index contributed by atoms with van der Waals surface area (Å²) >= 11 is 0. The van der Waals surface area contributed by atoms with Gasteiger partial charge in [-0.1, -0.05) is 48.5 Å². The van der Waals surface area contributed by atoms with E-state index in [9.17, 15) is 0 Å². The lowest BCUT2D eigenvalue weighted by molar-refractivity contribution is 0.693. The third kappa shape index (κ3) is 2.70. The predicted molar refractivity (Wildman–Crippen MR) is 83.7 cm³/mol. The molecular formula is C18H18N2. The summed E-state index contributed by atoms with van der Waals surface area (Å²) < 4.78 is 0. The molecule has 2 aromatic carbocycles. The molecule has 0 saturated carbocycles. The molecule has 1 heterocycles. The Labute approximate surface area is 119 Å². The summed E-state index contributed by atoms with van der Waals surface area (Å²) in [5.74, 6) is 0.346. The molecule has 20 heavy (non-hydrogen) atoms. The Morgan fingerprint density at radius 1 is 0.950 bits per heavy atom. The van der Waals surface area contributed by atoms with Gasteiger partial charge in [-0.05, 0) is 36.2 Å². The van der Waals surface area contributed by atoms with Crippen LogP contribution in [-0.4, -0.2) is 11.5 Å². The average molecular weight is 262 g/mol. The van der Waals surface area contributed by atoms with Crippen molar-refractivity contribution in [3.63, 3.8) is 0 Å². The molecule has 0 saturated heterocycles. The molecule has 0 bridgehead atoms. The van der Waals surface area contributed by atoms with E-state index in [0.717, 1.165) is 11.9 Å². The Hall–Kier alpha value is -2.19. The summed E-state index contributed by atoms with van der Waals surface area (Å²) in [6.07, 6.45) is 2.90. The number of nitrogens with zero attached hydrogens (tertiary/aromatic N) is 1. The molecule has 0 aliphatic heterocycles. The highest BCUT2D eigenvalue weighted by Crippen LogP contribution is 2.21. The molecule has 0 spiro atoms. The number of fused-ring (bicyclic) bond motifs is 1. The van der Waals surface area contributed by atoms with Crippen LogP contribution in [0.2, 0.25) is 0 Å². The molecule has 0 radical (unpaired) electrons. The predicted octanol–water partition coefficient (Wildman–Crippen LogP) is 3.52. The fraction of sp³-hybridized carbons (Fsp3) is 0.167. The third-order valence-electron chi connectivity index (χ3n) is 3.68. The molecule has 0 aliphatic rings. The quantitative estimate of drug-likeness (QED) is 0.781. The first-order chi connectivity index (χ1) is 9.86. The molecule has 100 valence electrons. The Kier molecular flexibility index (Phi) is 3.75. The minimum Gasteiger partial charge on any atom is -0.330 e. The Balaban J connectivity index is 1.87. The van der Waals surface area contributed by atoms with E-state index in [4.69, 9.17) is 5.73 Å². The van der Waals surface area contributed by atoms with Crippen molar-refractivity contribution in [3.05, 3.63) is 78.0 Å². The van der Waals surface area contributed by atoms with Crippen LogP contribution in [0.25, 0.3) is 10.9 Å². The fourth-order valence-corrected chi connectivity index (χ4v) is 2.58. The summed E-state index contributed by atoms with van der Waals surface area (Å²) in [7, 11) is 0. The van der Waals surface area contributed by atoms with Gasteiger partial charge in [0, 0.05) is 17.5 Å². The van der Waals surface area contributed by atoms with Crippen LogP contribution in [0.3, 0.4) is 0 Å². The van der Waals surface area contributed by atoms with Gasteiger partial charge >= 0.3 is 0 Å². The molecule has 2 heteroatoms. The van der Waals surface area contributed by atoms with Crippen molar-refractivity contribution in [1.82, 2.24) is 4.98 Å². The van der Waals surface area contributed by atoms with Crippen molar-refractivity contribution in [2.24, 2.45) is 5.73 Å². The molecule has 1 unspecified atom stereocenters. The number of nitrogens with two attached hydrogens (primary N) is 1. The zero-order chi connectivity index (χ0) is 13.8. The highest BCUT2D eigenvalue weighted by atomic mass is 14.6. The maximum Gasteiger partial charge on any atom is 0.0702 e. The van der Waals surface area contributed by atoms with Gasteiger partial charge in [-0.3, -0.25) is 4.98 Å². The lowest BCUT2D eigenvalue weighted by Gasteiger charge is -2.15. The maximum absolute atomic E-state index is 5.94. The van der Waals surface area contributed by atoms with Gasteiger partial charge < -0.3 is 5.73 Å². The number of hydrogen-bond acceptors (Lipinski definition) is 2. The largest absolute Gasteiger partial charge is 0.330 e. The zero-order valence-corrected chi connectivity index (χ0v) is 11.4. The van der Waals surface area contributed by atoms with Crippen molar-refractivity contribution in [2.45, 2.75) is 12.3 Å². The highest BCUT2D eigenvalue weighted by Gasteiger charge is 2.10. The molecule has 3 aromatic rings. The average Bonchev–Trinajstić information content (AvgIpc) is 2.53. The van der Waals surface area contributed by atoms with Gasteiger partial charge in [-0.2, -0.15) is 0 Å². The smallest absolute Gasteiger partial charge is 0.0702 e. The molecule has 2 N–H and O–H groups in total. The monoisotopic (exact) mass is 262 g/mol. The van der Waals surface area contributed by atoms with Crippen LogP contribution in [-0.2, 0) is 6.42 Å². The molecule has 1 aromatic heterocycles. The summed E-state index contributed by atoms with van der Waals surface area (Å²) in [5.41, 5.74) is 9.52. The molecular weight excluding hydrogens is 244 g/mol. The second-order valence-electron chi connectivity index (χ2n) is 5.08. The van der Waals surface area contributed by atoms with E-state index in [2.05, 4.69) is 41.4 Å². The van der Waals surface area contributed by atoms with Crippen molar-refractivity contribution < 1.29 is 0 Å². The molecule has 0 aliphatic carbocycles. The van der Waals surface area contributed by atoms with Crippen molar-refractivity contribution in [2.75, 3.05) is 6.54 Å². The first-order valence-corrected chi connectivity index (χ1v) is 6.95. The van der Waals surface area contributed by atoms with Crippen LogP contribution in [0.5, 0.6) is 0 Å². The molecule has 1 atom stereocenters. The fourth-order valence-electron chi connectivity index (χ4n) is 2.58. The second-order valence-corrected chi connectivity index (χ2v) is 5.08. The van der Waals surface area contributed by atoms with Crippen LogP contribution in [0, 0.1) is 0 Å². The summed E-state index contributed by atoms with van der Waals surface area (Å²) in [6.45, 7) is 0.650. The normalized spacial score (nSPS) is 12.4. The highest BCUT2D eigenvalue weighted by molar-refractivity contribution is 5.78. The summed E-state index contributed by atoms with van der Waals surface area (Å²) in [6, 6.07) is 20.9. The van der Waals surface area contributed by atoms with Crippen molar-refractivity contribution >= 4 is 10.9 Å². The minimum atomic E-state index is 0.346. The SMILES string of the molecule is NCC(Cc1cnc2ccccc2c1)c1ccccc1. The number of para-hydroxylation sites is 1. The van der Waals surface area contributed by atoms with Crippen LogP contribution >= 0.6 is 0 Å². The van der Waals surface area contributed by atoms with Crippen LogP contribution in [0.1, 0.15) is 17.0 Å². The summed E-state index contributed by atoms with van der Waals surface area (Å²) in [5, 5.41) is 1.19. The van der Waals surface area contributed by atoms with Gasteiger partial charge in [0.1, 0.15) is 0 Å². The lowest BCUT2D eigenvalue weighted by Crippen LogP contribution is -2.15. The Bertz CT molecular complexity index is 692. The van der Waals surface area contributed by atoms with Crippen molar-refractivity contribution in [1.29, 1.82) is 0 Å². The minimum absolute atomic E-state index is 0.346. The maximum atomic E-state index is 5.94. The van der Waals surface area contributed by atoms with Gasteiger partial charge in [-0.15, -0.1) is 0 Å². The molecule has 3 rings (SSSR count). The first kappa shape index (κ1) is 12.8. The van der Waals surface area contributed by atoms with Crippen LogP contribution in [0.4, 0.5) is 0 Å². The molecule has 0 amide bonds. The third-order valence-corrected chi connectivity index (χ3v) is 3.68. The van der Waals surface area contributed by atoms with E-state index in [1.807, 2.05) is 30.5 Å². The first-order valence-electron chi connectivity index (χ1n) is 6.95. The van der Waals surface area contributed by atoms with Gasteiger partial charge in [0.15, 0.2) is 0 Å². The number of rotatable bonds is 4. The van der Waals surface area contributed by atoms with E-state index in [1.54, 1.807) is 0 Å². The van der Waals surface area contributed by atoms with Gasteiger partial charge in [-0.25, -0.2) is 0 Å². The van der Waals surface area contributed by atoms with Gasteiger partial charge in [0.2, 0.25) is 0 Å². The second kappa shape index (κ2) is 5.85. The van der Waals surface area contributed by atoms with Gasteiger partial charge in [0.05, 0.1) is 5.52 Å². The lowest BCUT2D eigenvalue weighted by atomic mass is 9.92. The Morgan fingerprint density at radius 2 is 1.70 bits per heavy atom. The number of aromatic nitrogens is 1. The van der Waals surface area contributed by atoms with Crippen LogP contribution in [0.15, 0.2) is 66.9 Å². The zero-order valence-electron chi connectivity index (χ0n) is 11.4. The topological polar surface area (TPSA) is 38.9 Å². The number of hydrogen-bond donors (Lipinski definition) is 1. The van der Waals surface area contributed by atoms with Crippen molar-refractivity contribution in [3.8, 4) is 0 Å². The van der Waals surface area contributed by atoms with E-state index in [-0.39, 0.29) is 0 Å². The Morgan fingerprint density at radius 3 is 2.50 bits per heavy atom. The standard InChI is InChI=1S/C18H18N2/c19-12-17(15-6-2-1-3-7-15)11-14-10-16-8-4-5-9-18(16)20-13-14/h1-10,13,17H,11-12,19H2.